The van der Waals surface area contributed by atoms with E-state index in [4.69, 9.17) is 9.47 Å². The summed E-state index contributed by atoms with van der Waals surface area (Å²) in [6.45, 7) is 3.39. The number of rotatable bonds is 43. The number of ether oxygens (including phenoxy) is 2. The van der Waals surface area contributed by atoms with Gasteiger partial charge in [0, 0.05) is 6.42 Å². The molecule has 0 radical (unpaired) electrons. The van der Waals surface area contributed by atoms with E-state index in [1.54, 1.807) is 6.08 Å². The van der Waals surface area contributed by atoms with Crippen LogP contribution in [0.5, 0.6) is 0 Å². The summed E-state index contributed by atoms with van der Waals surface area (Å²) in [6.07, 6.45) is 37.8. The zero-order chi connectivity index (χ0) is 45.5. The van der Waals surface area contributed by atoms with Crippen LogP contribution in [0.15, 0.2) is 24.3 Å². The lowest BCUT2D eigenvalue weighted by molar-refractivity contribution is -0.298. The highest BCUT2D eigenvalue weighted by molar-refractivity contribution is 7.80. The van der Waals surface area contributed by atoms with Crippen LogP contribution in [-0.4, -0.2) is 95.4 Å². The molecule has 1 saturated heterocycles. The van der Waals surface area contributed by atoms with Gasteiger partial charge < -0.3 is 35.2 Å². The highest BCUT2D eigenvalue weighted by Gasteiger charge is 2.48. The Kier molecular flexibility index (Phi) is 37.7. The van der Waals surface area contributed by atoms with Gasteiger partial charge in [-0.1, -0.05) is 199 Å². The van der Waals surface area contributed by atoms with Crippen LogP contribution >= 0.6 is 0 Å². The molecule has 7 unspecified atom stereocenters. The van der Waals surface area contributed by atoms with Gasteiger partial charge in [0.1, 0.15) is 24.4 Å². The minimum absolute atomic E-state index is 0.265. The Morgan fingerprint density at radius 1 is 0.629 bits per heavy atom. The molecule has 1 aliphatic rings. The highest BCUT2D eigenvalue weighted by Crippen LogP contribution is 2.26. The van der Waals surface area contributed by atoms with Crippen LogP contribution in [0.4, 0.5) is 0 Å². The molecule has 0 aromatic carbocycles. The molecule has 0 aromatic rings. The van der Waals surface area contributed by atoms with Crippen molar-refractivity contribution in [1.29, 1.82) is 0 Å². The Balaban J connectivity index is 2.47. The fourth-order valence-electron chi connectivity index (χ4n) is 8.04. The third-order valence-electron chi connectivity index (χ3n) is 12.0. The van der Waals surface area contributed by atoms with Crippen LogP contribution in [0, 0.1) is 0 Å². The van der Waals surface area contributed by atoms with Gasteiger partial charge in [-0.05, 0) is 44.9 Å². The summed E-state index contributed by atoms with van der Waals surface area (Å²) < 4.78 is 47.7. The molecule has 1 rings (SSSR count). The summed E-state index contributed by atoms with van der Waals surface area (Å²) in [7, 11) is -5.09. The Labute approximate surface area is 378 Å². The Hall–Kier alpha value is -1.42. The zero-order valence-corrected chi connectivity index (χ0v) is 40.0. The molecule has 0 saturated carbocycles. The van der Waals surface area contributed by atoms with Crippen molar-refractivity contribution in [2.45, 2.75) is 269 Å². The molecule has 6 N–H and O–H groups in total. The van der Waals surface area contributed by atoms with E-state index in [1.165, 1.54) is 154 Å². The topological polar surface area (TPSA) is 192 Å². The van der Waals surface area contributed by atoms with Gasteiger partial charge in [0.25, 0.3) is 0 Å². The van der Waals surface area contributed by atoms with Crippen molar-refractivity contribution in [2.75, 3.05) is 13.2 Å². The van der Waals surface area contributed by atoms with Crippen molar-refractivity contribution in [3.05, 3.63) is 24.3 Å². The Bertz CT molecular complexity index is 1200. The van der Waals surface area contributed by atoms with E-state index in [2.05, 4.69) is 35.5 Å². The maximum atomic E-state index is 13.0. The fraction of sp³-hybridized carbons (Fsp3) is 0.898. The minimum atomic E-state index is -5.09. The predicted molar refractivity (Wildman–Crippen MR) is 250 cm³/mol. The maximum Gasteiger partial charge on any atom is 0.397 e. The second-order valence-corrected chi connectivity index (χ2v) is 18.8. The van der Waals surface area contributed by atoms with Gasteiger partial charge >= 0.3 is 10.4 Å². The quantitative estimate of drug-likeness (QED) is 0.0194. The number of amides is 1. The van der Waals surface area contributed by atoms with E-state index in [0.717, 1.165) is 44.9 Å². The summed E-state index contributed by atoms with van der Waals surface area (Å²) in [5, 5.41) is 44.8. The van der Waals surface area contributed by atoms with E-state index in [9.17, 15) is 38.2 Å². The van der Waals surface area contributed by atoms with Crippen LogP contribution in [0.2, 0.25) is 0 Å². The third kappa shape index (κ3) is 32.3. The van der Waals surface area contributed by atoms with Gasteiger partial charge in [-0.3, -0.25) is 9.35 Å². The number of allylic oxidation sites excluding steroid dienone is 3. The Morgan fingerprint density at radius 3 is 1.47 bits per heavy atom. The molecule has 0 spiro atoms. The van der Waals surface area contributed by atoms with Gasteiger partial charge in [-0.25, -0.2) is 4.18 Å². The number of aliphatic hydroxyl groups is 4. The molecule has 0 bridgehead atoms. The summed E-state index contributed by atoms with van der Waals surface area (Å²) in [4.78, 5) is 13.0. The van der Waals surface area contributed by atoms with Crippen molar-refractivity contribution in [3.8, 4) is 0 Å². The van der Waals surface area contributed by atoms with Crippen molar-refractivity contribution < 1.29 is 51.8 Å². The molecule has 13 heteroatoms. The van der Waals surface area contributed by atoms with Crippen molar-refractivity contribution in [2.24, 2.45) is 0 Å². The summed E-state index contributed by atoms with van der Waals surface area (Å²) in [5.41, 5.74) is 0. The maximum absolute atomic E-state index is 13.0. The molecular formula is C49H93NO11S. The molecule has 0 aromatic heterocycles. The molecule has 62 heavy (non-hydrogen) atoms. The third-order valence-corrected chi connectivity index (χ3v) is 12.4. The van der Waals surface area contributed by atoms with Crippen molar-refractivity contribution in [3.63, 3.8) is 0 Å². The van der Waals surface area contributed by atoms with Gasteiger partial charge in [-0.2, -0.15) is 8.42 Å². The predicted octanol–water partition coefficient (Wildman–Crippen LogP) is 10.5. The first-order valence-corrected chi connectivity index (χ1v) is 26.6. The van der Waals surface area contributed by atoms with E-state index in [0.29, 0.717) is 6.42 Å². The monoisotopic (exact) mass is 904 g/mol. The molecule has 1 heterocycles. The number of carbonyl (C=O) groups excluding carboxylic acids is 1. The fourth-order valence-corrected chi connectivity index (χ4v) is 8.55. The number of nitrogens with one attached hydrogen (secondary N) is 1. The first-order valence-electron chi connectivity index (χ1n) is 25.2. The minimum Gasteiger partial charge on any atom is -0.394 e. The highest BCUT2D eigenvalue weighted by atomic mass is 32.3. The van der Waals surface area contributed by atoms with Gasteiger partial charge in [0.05, 0.1) is 25.4 Å². The number of aliphatic hydroxyl groups excluding tert-OH is 4. The number of hydrogen-bond acceptors (Lipinski definition) is 10. The van der Waals surface area contributed by atoms with Gasteiger partial charge in [0.2, 0.25) is 5.91 Å². The molecule has 366 valence electrons. The van der Waals surface area contributed by atoms with E-state index in [1.807, 2.05) is 6.08 Å². The molecule has 12 nitrogen and oxygen atoms in total. The summed E-state index contributed by atoms with van der Waals surface area (Å²) >= 11 is 0. The molecular weight excluding hydrogens is 811 g/mol. The smallest absolute Gasteiger partial charge is 0.394 e. The lowest BCUT2D eigenvalue weighted by Gasteiger charge is -2.41. The standard InChI is InChI=1S/C49H93NO11S/c1-3-5-7-9-11-13-15-17-19-20-21-22-23-25-26-28-30-32-34-36-38-43(52)42(41-59-49-47(55)48(61-62(56,57)58)46(54)44(40-51)60-49)50-45(53)39-37-35-33-31-29-27-24-18-16-14-12-10-8-6-4-2/h14,16,36,38,42-44,46-49,51-52,54-55H,3-13,15,17-35,37,39-41H2,1-2H3,(H,50,53)(H,56,57,58)/b16-14-,38-36+. The molecule has 1 aliphatic heterocycles. The van der Waals surface area contributed by atoms with E-state index < -0.39 is 59.9 Å². The van der Waals surface area contributed by atoms with E-state index in [-0.39, 0.29) is 18.9 Å². The average Bonchev–Trinajstić information content (AvgIpc) is 3.24. The van der Waals surface area contributed by atoms with Gasteiger partial charge in [-0.15, -0.1) is 0 Å². The van der Waals surface area contributed by atoms with Crippen LogP contribution < -0.4 is 5.32 Å². The molecule has 7 atom stereocenters. The van der Waals surface area contributed by atoms with E-state index >= 15 is 0 Å². The largest absolute Gasteiger partial charge is 0.397 e. The van der Waals surface area contributed by atoms with Crippen LogP contribution in [0.3, 0.4) is 0 Å². The Morgan fingerprint density at radius 2 is 1.03 bits per heavy atom. The lowest BCUT2D eigenvalue weighted by atomic mass is 9.99. The van der Waals surface area contributed by atoms with Crippen LogP contribution in [-0.2, 0) is 28.9 Å². The van der Waals surface area contributed by atoms with Crippen molar-refractivity contribution >= 4 is 16.3 Å². The first kappa shape index (κ1) is 58.6. The van der Waals surface area contributed by atoms with Crippen molar-refractivity contribution in [1.82, 2.24) is 5.32 Å². The molecule has 1 amide bonds. The lowest BCUT2D eigenvalue weighted by Crippen LogP contribution is -2.61. The second-order valence-electron chi connectivity index (χ2n) is 17.8. The summed E-state index contributed by atoms with van der Waals surface area (Å²) in [5.74, 6) is -0.266. The average molecular weight is 904 g/mol. The second kappa shape index (κ2) is 39.9. The number of carbonyl (C=O) groups is 1. The molecule has 1 fully saturated rings. The van der Waals surface area contributed by atoms with Crippen LogP contribution in [0.1, 0.15) is 226 Å². The van der Waals surface area contributed by atoms with Crippen LogP contribution in [0.25, 0.3) is 0 Å². The first-order chi connectivity index (χ1) is 30.0. The number of hydrogen-bond donors (Lipinski definition) is 6. The zero-order valence-electron chi connectivity index (χ0n) is 39.2. The normalized spacial score (nSPS) is 20.7. The SMILES string of the molecule is CCCCCC/C=C\CCCCCCCCCC(=O)NC(COC1OC(CO)C(O)C(OS(=O)(=O)O)C1O)C(O)/C=C/CCCCCCCCCCCCCCCCCCCC. The van der Waals surface area contributed by atoms with Gasteiger partial charge in [0.15, 0.2) is 6.29 Å². The molecule has 0 aliphatic carbocycles. The number of unbranched alkanes of at least 4 members (excludes halogenated alkanes) is 29. The summed E-state index contributed by atoms with van der Waals surface area (Å²) in [6, 6.07) is -0.944.